The Morgan fingerprint density at radius 3 is 2.38 bits per heavy atom. The number of hydrogen-bond donors (Lipinski definition) is 1. The molecule has 0 spiro atoms. The van der Waals surface area contributed by atoms with Crippen LogP contribution >= 0.6 is 0 Å². The number of anilines is 1. The first kappa shape index (κ1) is 20.7. The highest BCUT2D eigenvalue weighted by atomic mass is 32.3. The summed E-state index contributed by atoms with van der Waals surface area (Å²) in [5, 5.41) is 0.452. The van der Waals surface area contributed by atoms with E-state index in [9.17, 15) is 21.2 Å². The van der Waals surface area contributed by atoms with Gasteiger partial charge < -0.3 is 4.98 Å². The SMILES string of the molecule is Cc1ccc(S(=O)(=O)N2c3[nH]c4ccc(F)cc4c3C(c3ccccc3)CS2(=O)=O)cc1. The lowest BCUT2D eigenvalue weighted by molar-refractivity contribution is 0.579. The summed E-state index contributed by atoms with van der Waals surface area (Å²) < 4.78 is 68.5. The van der Waals surface area contributed by atoms with Gasteiger partial charge in [0.1, 0.15) is 11.6 Å². The van der Waals surface area contributed by atoms with Crippen LogP contribution in [-0.4, -0.2) is 27.6 Å². The second-order valence-corrected chi connectivity index (χ2v) is 11.7. The van der Waals surface area contributed by atoms with Crippen LogP contribution in [0.5, 0.6) is 0 Å². The predicted octanol–water partition coefficient (Wildman–Crippen LogP) is 4.29. The lowest BCUT2D eigenvalue weighted by atomic mass is 9.92. The molecule has 1 atom stereocenters. The van der Waals surface area contributed by atoms with Crippen molar-refractivity contribution in [3.8, 4) is 0 Å². The molecule has 0 amide bonds. The van der Waals surface area contributed by atoms with Crippen LogP contribution in [0.25, 0.3) is 10.9 Å². The van der Waals surface area contributed by atoms with Gasteiger partial charge in [-0.05, 0) is 42.8 Å². The van der Waals surface area contributed by atoms with Crippen molar-refractivity contribution in [3.05, 3.63) is 95.3 Å². The van der Waals surface area contributed by atoms with E-state index in [1.165, 1.54) is 30.3 Å². The molecular formula is C23H19FN2O4S2. The second-order valence-electron chi connectivity index (χ2n) is 7.83. The van der Waals surface area contributed by atoms with Gasteiger partial charge >= 0.3 is 0 Å². The summed E-state index contributed by atoms with van der Waals surface area (Å²) in [4.78, 5) is 2.80. The fourth-order valence-corrected chi connectivity index (χ4v) is 8.22. The minimum atomic E-state index is -4.44. The highest BCUT2D eigenvalue weighted by Crippen LogP contribution is 2.46. The molecular weight excluding hydrogens is 451 g/mol. The molecule has 0 saturated carbocycles. The van der Waals surface area contributed by atoms with Gasteiger partial charge in [-0.3, -0.25) is 0 Å². The summed E-state index contributed by atoms with van der Waals surface area (Å²) in [7, 11) is -8.73. The molecule has 3 aromatic carbocycles. The Balaban J connectivity index is 1.82. The summed E-state index contributed by atoms with van der Waals surface area (Å²) in [6.07, 6.45) is 0. The third-order valence-electron chi connectivity index (χ3n) is 5.68. The molecule has 9 heteroatoms. The van der Waals surface area contributed by atoms with Crippen LogP contribution in [0.1, 0.15) is 22.6 Å². The number of fused-ring (bicyclic) bond motifs is 3. The predicted molar refractivity (Wildman–Crippen MR) is 121 cm³/mol. The third-order valence-corrected chi connectivity index (χ3v) is 9.88. The van der Waals surface area contributed by atoms with E-state index in [1.807, 2.05) is 13.0 Å². The van der Waals surface area contributed by atoms with E-state index in [1.54, 1.807) is 36.4 Å². The molecule has 2 heterocycles. The average molecular weight is 471 g/mol. The summed E-state index contributed by atoms with van der Waals surface area (Å²) in [6.45, 7) is 1.81. The molecule has 1 aliphatic rings. The van der Waals surface area contributed by atoms with Gasteiger partial charge in [-0.1, -0.05) is 48.0 Å². The Morgan fingerprint density at radius 2 is 1.69 bits per heavy atom. The molecule has 5 rings (SSSR count). The molecule has 0 aliphatic carbocycles. The zero-order valence-corrected chi connectivity index (χ0v) is 18.6. The van der Waals surface area contributed by atoms with Gasteiger partial charge in [0, 0.05) is 22.4 Å². The molecule has 0 saturated heterocycles. The molecule has 0 bridgehead atoms. The highest BCUT2D eigenvalue weighted by molar-refractivity contribution is 8.10. The lowest BCUT2D eigenvalue weighted by Gasteiger charge is -2.32. The Morgan fingerprint density at radius 1 is 1.00 bits per heavy atom. The first-order valence-electron chi connectivity index (χ1n) is 9.89. The molecule has 164 valence electrons. The normalized spacial score (nSPS) is 17.9. The monoisotopic (exact) mass is 470 g/mol. The zero-order chi connectivity index (χ0) is 22.7. The lowest BCUT2D eigenvalue weighted by Crippen LogP contribution is -2.43. The molecule has 0 fully saturated rings. The zero-order valence-electron chi connectivity index (χ0n) is 17.0. The van der Waals surface area contributed by atoms with Crippen molar-refractivity contribution in [3.63, 3.8) is 0 Å². The Hall–Kier alpha value is -3.17. The minimum absolute atomic E-state index is 0.0775. The van der Waals surface area contributed by atoms with E-state index in [0.717, 1.165) is 5.56 Å². The van der Waals surface area contributed by atoms with Gasteiger partial charge in [-0.2, -0.15) is 8.42 Å². The number of aryl methyl sites for hydroxylation is 1. The number of nitrogens with zero attached hydrogens (tertiary/aromatic N) is 1. The summed E-state index contributed by atoms with van der Waals surface area (Å²) in [5.74, 6) is -1.69. The first-order chi connectivity index (χ1) is 15.2. The molecule has 6 nitrogen and oxygen atoms in total. The fraction of sp³-hybridized carbons (Fsp3) is 0.130. The Kier molecular flexibility index (Phi) is 4.65. The van der Waals surface area contributed by atoms with Crippen molar-refractivity contribution in [1.82, 2.24) is 4.98 Å². The molecule has 4 aromatic rings. The van der Waals surface area contributed by atoms with Gasteiger partial charge in [-0.15, -0.1) is 3.71 Å². The smallest absolute Gasteiger partial charge is 0.278 e. The van der Waals surface area contributed by atoms with Crippen molar-refractivity contribution in [2.45, 2.75) is 17.7 Å². The quantitative estimate of drug-likeness (QED) is 0.484. The van der Waals surface area contributed by atoms with Crippen LogP contribution in [0.15, 0.2) is 77.7 Å². The molecule has 1 aromatic heterocycles. The van der Waals surface area contributed by atoms with Crippen molar-refractivity contribution in [2.24, 2.45) is 0 Å². The van der Waals surface area contributed by atoms with E-state index >= 15 is 0 Å². The summed E-state index contributed by atoms with van der Waals surface area (Å²) in [6, 6.07) is 19.0. The number of halogens is 1. The molecule has 1 unspecified atom stereocenters. The van der Waals surface area contributed by atoms with Crippen LogP contribution < -0.4 is 3.71 Å². The van der Waals surface area contributed by atoms with Gasteiger partial charge in [0.15, 0.2) is 0 Å². The van der Waals surface area contributed by atoms with E-state index in [2.05, 4.69) is 4.98 Å². The maximum absolute atomic E-state index is 14.1. The van der Waals surface area contributed by atoms with E-state index < -0.39 is 37.5 Å². The standard InChI is InChI=1S/C23H19FN2O4S2/c1-15-7-10-18(11-8-15)32(29,30)26-23-22(19-13-17(24)9-12-21(19)25-23)20(14-31(26,27)28)16-5-3-2-4-6-16/h2-13,20,25H,14H2,1H3. The summed E-state index contributed by atoms with van der Waals surface area (Å²) in [5.41, 5.74) is 2.45. The fourth-order valence-electron chi connectivity index (χ4n) is 4.19. The largest absolute Gasteiger partial charge is 0.339 e. The maximum atomic E-state index is 14.1. The number of hydrogen-bond acceptors (Lipinski definition) is 4. The number of aromatic amines is 1. The molecule has 1 N–H and O–H groups in total. The number of H-pyrrole nitrogens is 1. The van der Waals surface area contributed by atoms with Crippen molar-refractivity contribution in [1.29, 1.82) is 0 Å². The second kappa shape index (κ2) is 7.18. The van der Waals surface area contributed by atoms with Crippen molar-refractivity contribution >= 4 is 36.8 Å². The van der Waals surface area contributed by atoms with Crippen LogP contribution in [0, 0.1) is 12.7 Å². The van der Waals surface area contributed by atoms with Crippen molar-refractivity contribution in [2.75, 3.05) is 9.46 Å². The van der Waals surface area contributed by atoms with E-state index in [4.69, 9.17) is 0 Å². The number of benzene rings is 3. The summed E-state index contributed by atoms with van der Waals surface area (Å²) >= 11 is 0. The van der Waals surface area contributed by atoms with Crippen LogP contribution in [0.4, 0.5) is 10.2 Å². The molecule has 0 radical (unpaired) electrons. The third kappa shape index (κ3) is 3.20. The molecule has 1 aliphatic heterocycles. The highest BCUT2D eigenvalue weighted by Gasteiger charge is 2.46. The topological polar surface area (TPSA) is 87.3 Å². The molecule has 32 heavy (non-hydrogen) atoms. The van der Waals surface area contributed by atoms with Gasteiger partial charge in [0.2, 0.25) is 0 Å². The van der Waals surface area contributed by atoms with Gasteiger partial charge in [0.25, 0.3) is 20.0 Å². The number of nitrogens with one attached hydrogen (secondary N) is 1. The first-order valence-corrected chi connectivity index (χ1v) is 12.9. The van der Waals surface area contributed by atoms with Crippen molar-refractivity contribution < 1.29 is 21.2 Å². The maximum Gasteiger partial charge on any atom is 0.278 e. The van der Waals surface area contributed by atoms with E-state index in [-0.39, 0.29) is 10.7 Å². The minimum Gasteiger partial charge on any atom is -0.339 e. The van der Waals surface area contributed by atoms with Gasteiger partial charge in [0.05, 0.1) is 10.6 Å². The number of aromatic nitrogens is 1. The number of sulfonamides is 2. The average Bonchev–Trinajstić information content (AvgIpc) is 3.10. The Labute approximate surface area is 185 Å². The van der Waals surface area contributed by atoms with Crippen LogP contribution in [0.2, 0.25) is 0 Å². The van der Waals surface area contributed by atoms with Crippen LogP contribution in [-0.2, 0) is 20.0 Å². The Bertz CT molecular complexity index is 1550. The van der Waals surface area contributed by atoms with E-state index in [0.29, 0.717) is 25.7 Å². The van der Waals surface area contributed by atoms with Gasteiger partial charge in [-0.25, -0.2) is 12.8 Å². The van der Waals surface area contributed by atoms with Crippen LogP contribution in [0.3, 0.4) is 0 Å². The number of rotatable bonds is 3.